The van der Waals surface area contributed by atoms with Crippen molar-refractivity contribution >= 4 is 41.0 Å². The lowest BCUT2D eigenvalue weighted by atomic mass is 10.1. The lowest BCUT2D eigenvalue weighted by Gasteiger charge is -2.24. The molecule has 0 aliphatic heterocycles. The summed E-state index contributed by atoms with van der Waals surface area (Å²) >= 11 is 5.97. The van der Waals surface area contributed by atoms with Gasteiger partial charge < -0.3 is 10.6 Å². The number of aliphatic imine (C=N–C) groups is 1. The topological polar surface area (TPSA) is 79.0 Å². The Kier molecular flexibility index (Phi) is 10.3. The Hall–Kier alpha value is -3.59. The van der Waals surface area contributed by atoms with Gasteiger partial charge in [-0.15, -0.1) is 0 Å². The molecule has 10 heteroatoms. The highest BCUT2D eigenvalue weighted by molar-refractivity contribution is 6.30. The van der Waals surface area contributed by atoms with E-state index in [2.05, 4.69) is 11.6 Å². The molecule has 2 amide bonds. The summed E-state index contributed by atoms with van der Waals surface area (Å²) in [7, 11) is 0. The van der Waals surface area contributed by atoms with E-state index in [0.29, 0.717) is 29.4 Å². The number of rotatable bonds is 10. The van der Waals surface area contributed by atoms with Crippen LogP contribution in [0.15, 0.2) is 72.0 Å². The number of hydrogen-bond acceptors (Lipinski definition) is 4. The van der Waals surface area contributed by atoms with Crippen LogP contribution in [0.5, 0.6) is 0 Å². The fourth-order valence-electron chi connectivity index (χ4n) is 3.32. The molecule has 6 nitrogen and oxygen atoms in total. The van der Waals surface area contributed by atoms with Gasteiger partial charge in [0.15, 0.2) is 0 Å². The van der Waals surface area contributed by atoms with Crippen LogP contribution in [0.3, 0.4) is 0 Å². The Bertz CT molecular complexity index is 1140. The molecule has 0 heterocycles. The van der Waals surface area contributed by atoms with Gasteiger partial charge in [0.2, 0.25) is 11.8 Å². The van der Waals surface area contributed by atoms with Crippen molar-refractivity contribution in [2.75, 3.05) is 18.0 Å². The first-order valence-electron chi connectivity index (χ1n) is 11.2. The molecule has 0 fully saturated rings. The molecule has 0 saturated heterocycles. The van der Waals surface area contributed by atoms with Crippen molar-refractivity contribution in [3.05, 3.63) is 83.2 Å². The standard InChI is InChI=1S/C26H28ClF3N4O2/c1-4-33(5-2)24(35)13-14-25(36)34(22-11-9-20(10-12-22)26(28,29)30)18(3)32-16-15-23(31)19-7-6-8-21(27)17-19/h6-12,15-17H,3-5,13-14,31H2,1-2H3/b23-15-,32-16-. The molecule has 0 aromatic heterocycles. The average molecular weight is 521 g/mol. The fourth-order valence-corrected chi connectivity index (χ4v) is 3.51. The zero-order chi connectivity index (χ0) is 26.9. The van der Waals surface area contributed by atoms with E-state index in [1.54, 1.807) is 29.2 Å². The maximum absolute atomic E-state index is 13.1. The molecular weight excluding hydrogens is 493 g/mol. The van der Waals surface area contributed by atoms with E-state index in [1.807, 2.05) is 13.8 Å². The van der Waals surface area contributed by atoms with Gasteiger partial charge in [0.1, 0.15) is 5.82 Å². The van der Waals surface area contributed by atoms with Gasteiger partial charge in [-0.2, -0.15) is 13.2 Å². The van der Waals surface area contributed by atoms with Crippen molar-refractivity contribution in [1.29, 1.82) is 0 Å². The van der Waals surface area contributed by atoms with E-state index in [4.69, 9.17) is 17.3 Å². The molecule has 0 bridgehead atoms. The summed E-state index contributed by atoms with van der Waals surface area (Å²) in [5, 5.41) is 0.503. The van der Waals surface area contributed by atoms with Crippen molar-refractivity contribution in [2.45, 2.75) is 32.9 Å². The molecule has 36 heavy (non-hydrogen) atoms. The fraction of sp³-hybridized carbons (Fsp3) is 0.269. The van der Waals surface area contributed by atoms with Crippen LogP contribution in [-0.2, 0) is 15.8 Å². The number of nitrogens with two attached hydrogens (primary N) is 1. The summed E-state index contributed by atoms with van der Waals surface area (Å²) in [6, 6.07) is 10.9. The molecule has 2 N–H and O–H groups in total. The molecule has 2 aromatic carbocycles. The van der Waals surface area contributed by atoms with Gasteiger partial charge in [-0.3, -0.25) is 14.5 Å². The summed E-state index contributed by atoms with van der Waals surface area (Å²) in [5.74, 6) is -0.790. The van der Waals surface area contributed by atoms with Gasteiger partial charge in [0.05, 0.1) is 11.3 Å². The number of allylic oxidation sites excluding steroid dienone is 1. The molecule has 192 valence electrons. The Morgan fingerprint density at radius 1 is 1.06 bits per heavy atom. The number of anilines is 1. The van der Waals surface area contributed by atoms with E-state index >= 15 is 0 Å². The summed E-state index contributed by atoms with van der Waals surface area (Å²) in [6.45, 7) is 8.47. The second-order valence-corrected chi connectivity index (χ2v) is 8.10. The predicted molar refractivity (Wildman–Crippen MR) is 137 cm³/mol. The van der Waals surface area contributed by atoms with Crippen LogP contribution in [0.25, 0.3) is 5.70 Å². The minimum Gasteiger partial charge on any atom is -0.398 e. The number of alkyl halides is 3. The number of carbonyl (C=O) groups excluding carboxylic acids is 2. The molecule has 2 rings (SSSR count). The van der Waals surface area contributed by atoms with E-state index in [0.717, 1.165) is 29.2 Å². The highest BCUT2D eigenvalue weighted by Gasteiger charge is 2.30. The number of benzene rings is 2. The molecular formula is C26H28ClF3N4O2. The van der Waals surface area contributed by atoms with Crippen LogP contribution in [0.4, 0.5) is 18.9 Å². The van der Waals surface area contributed by atoms with Crippen LogP contribution in [0, 0.1) is 0 Å². The number of carbonyl (C=O) groups is 2. The first-order chi connectivity index (χ1) is 17.0. The van der Waals surface area contributed by atoms with Crippen LogP contribution in [-0.4, -0.2) is 36.0 Å². The molecule has 0 saturated carbocycles. The molecule has 0 atom stereocenters. The van der Waals surface area contributed by atoms with Crippen molar-refractivity contribution in [1.82, 2.24) is 4.90 Å². The van der Waals surface area contributed by atoms with Crippen molar-refractivity contribution < 1.29 is 22.8 Å². The first-order valence-corrected chi connectivity index (χ1v) is 11.6. The van der Waals surface area contributed by atoms with Crippen LogP contribution in [0.1, 0.15) is 37.8 Å². The summed E-state index contributed by atoms with van der Waals surface area (Å²) in [4.78, 5) is 32.2. The monoisotopic (exact) mass is 520 g/mol. The quantitative estimate of drug-likeness (QED) is 0.397. The summed E-state index contributed by atoms with van der Waals surface area (Å²) in [6.07, 6.45) is -1.96. The van der Waals surface area contributed by atoms with E-state index in [9.17, 15) is 22.8 Å². The minimum atomic E-state index is -4.53. The smallest absolute Gasteiger partial charge is 0.398 e. The van der Waals surface area contributed by atoms with E-state index in [-0.39, 0.29) is 30.3 Å². The zero-order valence-electron chi connectivity index (χ0n) is 20.1. The number of halogens is 4. The third kappa shape index (κ3) is 7.98. The largest absolute Gasteiger partial charge is 0.416 e. The van der Waals surface area contributed by atoms with Crippen molar-refractivity contribution in [3.8, 4) is 0 Å². The predicted octanol–water partition coefficient (Wildman–Crippen LogP) is 5.88. The summed E-state index contributed by atoms with van der Waals surface area (Å²) < 4.78 is 39.0. The van der Waals surface area contributed by atoms with Gasteiger partial charge in [0, 0.05) is 42.9 Å². The Balaban J connectivity index is 2.29. The third-order valence-electron chi connectivity index (χ3n) is 5.26. The Labute approximate surface area is 213 Å². The van der Waals surface area contributed by atoms with Gasteiger partial charge in [-0.1, -0.05) is 30.3 Å². The highest BCUT2D eigenvalue weighted by atomic mass is 35.5. The summed E-state index contributed by atoms with van der Waals surface area (Å²) in [5.41, 5.74) is 6.33. The molecule has 0 radical (unpaired) electrons. The molecule has 0 spiro atoms. The maximum Gasteiger partial charge on any atom is 0.416 e. The molecule has 0 aliphatic carbocycles. The van der Waals surface area contributed by atoms with Crippen LogP contribution in [0.2, 0.25) is 5.02 Å². The Morgan fingerprint density at radius 2 is 1.67 bits per heavy atom. The SMILES string of the molecule is C=C(/N=C\C=C(/N)c1cccc(Cl)c1)N(C(=O)CCC(=O)N(CC)CC)c1ccc(C(F)(F)F)cc1. The number of nitrogens with zero attached hydrogens (tertiary/aromatic N) is 3. The normalized spacial score (nSPS) is 12.0. The molecule has 2 aromatic rings. The van der Waals surface area contributed by atoms with Crippen LogP contribution < -0.4 is 10.6 Å². The first kappa shape index (κ1) is 28.6. The molecule has 0 unspecified atom stereocenters. The highest BCUT2D eigenvalue weighted by Crippen LogP contribution is 2.31. The number of amides is 2. The van der Waals surface area contributed by atoms with E-state index < -0.39 is 17.6 Å². The Morgan fingerprint density at radius 3 is 2.22 bits per heavy atom. The van der Waals surface area contributed by atoms with Crippen LogP contribution >= 0.6 is 11.6 Å². The zero-order valence-corrected chi connectivity index (χ0v) is 20.8. The maximum atomic E-state index is 13.1. The minimum absolute atomic E-state index is 0.0507. The lowest BCUT2D eigenvalue weighted by molar-refractivity contribution is -0.137. The van der Waals surface area contributed by atoms with Crippen molar-refractivity contribution in [3.63, 3.8) is 0 Å². The second-order valence-electron chi connectivity index (χ2n) is 7.67. The lowest BCUT2D eigenvalue weighted by Crippen LogP contribution is -2.33. The number of hydrogen-bond donors (Lipinski definition) is 1. The van der Waals surface area contributed by atoms with E-state index in [1.165, 1.54) is 12.3 Å². The molecule has 0 aliphatic rings. The van der Waals surface area contributed by atoms with Gasteiger partial charge >= 0.3 is 6.18 Å². The third-order valence-corrected chi connectivity index (χ3v) is 5.50. The van der Waals surface area contributed by atoms with Crippen molar-refractivity contribution in [2.24, 2.45) is 10.7 Å². The van der Waals surface area contributed by atoms with Gasteiger partial charge in [-0.25, -0.2) is 4.99 Å². The second kappa shape index (κ2) is 12.9. The van der Waals surface area contributed by atoms with Gasteiger partial charge in [0.25, 0.3) is 0 Å². The average Bonchev–Trinajstić information content (AvgIpc) is 2.83. The van der Waals surface area contributed by atoms with Gasteiger partial charge in [-0.05, 0) is 61.9 Å².